The van der Waals surface area contributed by atoms with E-state index in [0.717, 1.165) is 19.3 Å². The monoisotopic (exact) mass is 323 g/mol. The Balaban J connectivity index is 1.65. The summed E-state index contributed by atoms with van der Waals surface area (Å²) in [4.78, 5) is 12.1. The van der Waals surface area contributed by atoms with Crippen LogP contribution in [0.3, 0.4) is 0 Å². The van der Waals surface area contributed by atoms with Crippen molar-refractivity contribution in [3.8, 4) is 0 Å². The molecule has 0 saturated carbocycles. The van der Waals surface area contributed by atoms with Gasteiger partial charge in [-0.3, -0.25) is 5.32 Å². The van der Waals surface area contributed by atoms with Gasteiger partial charge in [0.2, 0.25) is 0 Å². The van der Waals surface area contributed by atoms with Gasteiger partial charge < -0.3 is 9.47 Å². The van der Waals surface area contributed by atoms with Crippen molar-refractivity contribution in [1.82, 2.24) is 0 Å². The summed E-state index contributed by atoms with van der Waals surface area (Å²) in [7, 11) is 0. The summed E-state index contributed by atoms with van der Waals surface area (Å²) in [6.07, 6.45) is 2.08. The van der Waals surface area contributed by atoms with E-state index in [2.05, 4.69) is 19.2 Å². The van der Waals surface area contributed by atoms with Gasteiger partial charge in [0.25, 0.3) is 0 Å². The molecule has 0 aromatic heterocycles. The van der Waals surface area contributed by atoms with Gasteiger partial charge in [0, 0.05) is 17.1 Å². The third-order valence-corrected chi connectivity index (χ3v) is 5.30. The molecule has 2 heterocycles. The number of hydrogen-bond acceptors (Lipinski definition) is 3. The summed E-state index contributed by atoms with van der Waals surface area (Å²) < 4.78 is 11.9. The molecule has 2 bridgehead atoms. The number of rotatable bonds is 3. The van der Waals surface area contributed by atoms with Gasteiger partial charge in [0.15, 0.2) is 0 Å². The van der Waals surface area contributed by atoms with Crippen molar-refractivity contribution in [2.75, 3.05) is 5.32 Å². The number of carbonyl (C=O) groups is 1. The standard InChI is InChI=1S/C17H22ClNO3/c1-11(2)17-8-7-16(3,22-17)14(10-17)21-15(20)19-13-6-4-5-12(18)9-13/h4-6,9,11,14H,7-8,10H2,1-3H3,(H,19,20)/t14-,16-,17-/m1/s1. The fourth-order valence-electron chi connectivity index (χ4n) is 3.58. The molecule has 120 valence electrons. The molecule has 1 aromatic rings. The molecule has 1 aromatic carbocycles. The minimum absolute atomic E-state index is 0.143. The van der Waals surface area contributed by atoms with Gasteiger partial charge in [0.1, 0.15) is 11.7 Å². The maximum Gasteiger partial charge on any atom is 0.411 e. The van der Waals surface area contributed by atoms with Crippen molar-refractivity contribution in [1.29, 1.82) is 0 Å². The van der Waals surface area contributed by atoms with Crippen LogP contribution in [0.25, 0.3) is 0 Å². The van der Waals surface area contributed by atoms with Crippen LogP contribution in [0.1, 0.15) is 40.0 Å². The Morgan fingerprint density at radius 3 is 2.86 bits per heavy atom. The van der Waals surface area contributed by atoms with Crippen molar-refractivity contribution in [2.45, 2.75) is 57.3 Å². The molecule has 2 fully saturated rings. The lowest BCUT2D eigenvalue weighted by molar-refractivity contribution is -0.0807. The fourth-order valence-corrected chi connectivity index (χ4v) is 3.77. The summed E-state index contributed by atoms with van der Waals surface area (Å²) >= 11 is 5.91. The largest absolute Gasteiger partial charge is 0.443 e. The van der Waals surface area contributed by atoms with Crippen molar-refractivity contribution in [2.24, 2.45) is 5.92 Å². The Morgan fingerprint density at radius 2 is 2.23 bits per heavy atom. The highest BCUT2D eigenvalue weighted by molar-refractivity contribution is 6.30. The molecule has 2 aliphatic heterocycles. The van der Waals surface area contributed by atoms with Crippen molar-refractivity contribution < 1.29 is 14.3 Å². The Hall–Kier alpha value is -1.26. The van der Waals surface area contributed by atoms with E-state index in [1.165, 1.54) is 0 Å². The van der Waals surface area contributed by atoms with E-state index in [4.69, 9.17) is 21.1 Å². The Kier molecular flexibility index (Phi) is 3.86. The SMILES string of the molecule is CC(C)[C@]12CC[C@@](C)(O1)[C@H](OC(=O)Nc1cccc(Cl)c1)C2. The minimum atomic E-state index is -0.455. The van der Waals surface area contributed by atoms with Crippen LogP contribution in [0.4, 0.5) is 10.5 Å². The summed E-state index contributed by atoms with van der Waals surface area (Å²) in [5.41, 5.74) is 0.122. The number of fused-ring (bicyclic) bond motifs is 2. The van der Waals surface area contributed by atoms with E-state index in [0.29, 0.717) is 16.6 Å². The highest BCUT2D eigenvalue weighted by Crippen LogP contribution is 2.55. The average Bonchev–Trinajstić information content (AvgIpc) is 2.91. The molecular weight excluding hydrogens is 302 g/mol. The molecular formula is C17H22ClNO3. The third-order valence-electron chi connectivity index (χ3n) is 5.07. The van der Waals surface area contributed by atoms with Crippen LogP contribution >= 0.6 is 11.6 Å². The first-order valence-electron chi connectivity index (χ1n) is 7.76. The number of halogens is 1. The van der Waals surface area contributed by atoms with Crippen molar-refractivity contribution in [3.63, 3.8) is 0 Å². The molecule has 2 saturated heterocycles. The van der Waals surface area contributed by atoms with Crippen LogP contribution in [0.5, 0.6) is 0 Å². The summed E-state index contributed by atoms with van der Waals surface area (Å²) in [5.74, 6) is 0.416. The second kappa shape index (κ2) is 5.43. The van der Waals surface area contributed by atoms with Crippen molar-refractivity contribution >= 4 is 23.4 Å². The molecule has 3 atom stereocenters. The molecule has 0 spiro atoms. The lowest BCUT2D eigenvalue weighted by atomic mass is 9.75. The number of anilines is 1. The molecule has 0 radical (unpaired) electrons. The highest BCUT2D eigenvalue weighted by atomic mass is 35.5. The molecule has 0 aliphatic carbocycles. The van der Waals surface area contributed by atoms with Crippen molar-refractivity contribution in [3.05, 3.63) is 29.3 Å². The summed E-state index contributed by atoms with van der Waals surface area (Å²) in [6.45, 7) is 6.38. The second-order valence-corrected chi connectivity index (χ2v) is 7.30. The molecule has 1 amide bonds. The molecule has 2 aliphatic rings. The summed E-state index contributed by atoms with van der Waals surface area (Å²) in [6, 6.07) is 7.02. The first-order chi connectivity index (χ1) is 10.3. The van der Waals surface area contributed by atoms with Gasteiger partial charge in [-0.05, 0) is 43.9 Å². The van der Waals surface area contributed by atoms with Gasteiger partial charge in [-0.15, -0.1) is 0 Å². The lowest BCUT2D eigenvalue weighted by Gasteiger charge is -2.31. The number of nitrogens with one attached hydrogen (secondary N) is 1. The van der Waals surface area contributed by atoms with Crippen LogP contribution in [-0.4, -0.2) is 23.4 Å². The molecule has 1 N–H and O–H groups in total. The number of hydrogen-bond donors (Lipinski definition) is 1. The molecule has 22 heavy (non-hydrogen) atoms. The van der Waals surface area contributed by atoms with Crippen LogP contribution in [0, 0.1) is 5.92 Å². The Labute approximate surface area is 136 Å². The predicted molar refractivity (Wildman–Crippen MR) is 86.3 cm³/mol. The Bertz CT molecular complexity index is 591. The van der Waals surface area contributed by atoms with Crippen LogP contribution in [-0.2, 0) is 9.47 Å². The van der Waals surface area contributed by atoms with Gasteiger partial charge in [0.05, 0.1) is 5.60 Å². The fraction of sp³-hybridized carbons (Fsp3) is 0.588. The number of carbonyl (C=O) groups excluding carboxylic acids is 1. The lowest BCUT2D eigenvalue weighted by Crippen LogP contribution is -2.40. The first-order valence-corrected chi connectivity index (χ1v) is 8.14. The van der Waals surface area contributed by atoms with E-state index >= 15 is 0 Å². The zero-order valence-electron chi connectivity index (χ0n) is 13.2. The molecule has 0 unspecified atom stereocenters. The first kappa shape index (κ1) is 15.6. The number of ether oxygens (including phenoxy) is 2. The Morgan fingerprint density at radius 1 is 1.45 bits per heavy atom. The maximum atomic E-state index is 12.1. The summed E-state index contributed by atoms with van der Waals surface area (Å²) in [5, 5.41) is 3.30. The van der Waals surface area contributed by atoms with E-state index in [1.54, 1.807) is 24.3 Å². The predicted octanol–water partition coefficient (Wildman–Crippen LogP) is 4.62. The molecule has 4 nitrogen and oxygen atoms in total. The number of benzene rings is 1. The van der Waals surface area contributed by atoms with Gasteiger partial charge in [-0.1, -0.05) is 31.5 Å². The van der Waals surface area contributed by atoms with Gasteiger partial charge in [-0.25, -0.2) is 4.79 Å². The normalized spacial score (nSPS) is 33.2. The quantitative estimate of drug-likeness (QED) is 0.882. The topological polar surface area (TPSA) is 47.6 Å². The smallest absolute Gasteiger partial charge is 0.411 e. The average molecular weight is 324 g/mol. The highest BCUT2D eigenvalue weighted by Gasteiger charge is 2.61. The van der Waals surface area contributed by atoms with Gasteiger partial charge >= 0.3 is 6.09 Å². The van der Waals surface area contributed by atoms with E-state index in [9.17, 15) is 4.79 Å². The van der Waals surface area contributed by atoms with E-state index in [1.807, 2.05) is 6.92 Å². The van der Waals surface area contributed by atoms with Crippen LogP contribution in [0.15, 0.2) is 24.3 Å². The minimum Gasteiger partial charge on any atom is -0.443 e. The zero-order chi connectivity index (χ0) is 16.0. The maximum absolute atomic E-state index is 12.1. The van der Waals surface area contributed by atoms with E-state index in [-0.39, 0.29) is 17.3 Å². The van der Waals surface area contributed by atoms with Crippen LogP contribution < -0.4 is 5.32 Å². The molecule has 3 rings (SSSR count). The van der Waals surface area contributed by atoms with Crippen LogP contribution in [0.2, 0.25) is 5.02 Å². The zero-order valence-corrected chi connectivity index (χ0v) is 13.9. The number of amides is 1. The van der Waals surface area contributed by atoms with Gasteiger partial charge in [-0.2, -0.15) is 0 Å². The third kappa shape index (κ3) is 2.70. The van der Waals surface area contributed by atoms with E-state index < -0.39 is 6.09 Å². The second-order valence-electron chi connectivity index (χ2n) is 6.87. The molecule has 5 heteroatoms.